The van der Waals surface area contributed by atoms with E-state index in [-0.39, 0.29) is 5.95 Å². The maximum Gasteiger partial charge on any atom is 0.417 e. The first kappa shape index (κ1) is 14.8. The van der Waals surface area contributed by atoms with E-state index in [1.165, 1.54) is 6.07 Å². The lowest BCUT2D eigenvalue weighted by Gasteiger charge is -2.11. The molecule has 0 aliphatic carbocycles. The average molecular weight is 317 g/mol. The molecule has 7 nitrogen and oxygen atoms in total. The highest BCUT2D eigenvalue weighted by Gasteiger charge is 2.35. The van der Waals surface area contributed by atoms with Gasteiger partial charge < -0.3 is 0 Å². The van der Waals surface area contributed by atoms with Crippen LogP contribution in [0.3, 0.4) is 0 Å². The van der Waals surface area contributed by atoms with Crippen LogP contribution in [0, 0.1) is 11.3 Å². The van der Waals surface area contributed by atoms with Crippen molar-refractivity contribution in [1.29, 1.82) is 5.26 Å². The second-order valence-corrected chi connectivity index (χ2v) is 5.44. The number of aromatic amines is 1. The van der Waals surface area contributed by atoms with Gasteiger partial charge in [-0.25, -0.2) is 18.2 Å². The van der Waals surface area contributed by atoms with Gasteiger partial charge in [-0.1, -0.05) is 0 Å². The SMILES string of the molecule is N#Cc1ccc(S(=O)(=O)Nc2ncn[nH]2)cc1C(F)(F)F. The number of hydrogen-bond donors (Lipinski definition) is 2. The molecule has 0 saturated carbocycles. The van der Waals surface area contributed by atoms with Gasteiger partial charge in [0.25, 0.3) is 10.0 Å². The average Bonchev–Trinajstić information content (AvgIpc) is 2.89. The third-order valence-electron chi connectivity index (χ3n) is 2.37. The first-order valence-corrected chi connectivity index (χ1v) is 6.72. The van der Waals surface area contributed by atoms with Gasteiger partial charge in [-0.15, -0.1) is 0 Å². The minimum atomic E-state index is -4.84. The van der Waals surface area contributed by atoms with E-state index in [0.717, 1.165) is 18.5 Å². The third-order valence-corrected chi connectivity index (χ3v) is 3.71. The first-order valence-electron chi connectivity index (χ1n) is 5.23. The van der Waals surface area contributed by atoms with Gasteiger partial charge >= 0.3 is 6.18 Å². The Bertz CT molecular complexity index is 793. The van der Waals surface area contributed by atoms with E-state index in [9.17, 15) is 21.6 Å². The summed E-state index contributed by atoms with van der Waals surface area (Å²) in [5.74, 6) is -0.243. The fourth-order valence-electron chi connectivity index (χ4n) is 1.46. The Balaban J connectivity index is 2.48. The molecule has 2 N–H and O–H groups in total. The van der Waals surface area contributed by atoms with Gasteiger partial charge in [-0.05, 0) is 18.2 Å². The molecule has 1 heterocycles. The standard InChI is InChI=1S/C10H6F3N5O2S/c11-10(12,13)8-3-7(2-1-6(8)4-14)21(19,20)18-9-15-5-16-17-9/h1-3,5H,(H2,15,16,17,18). The molecule has 2 aromatic rings. The van der Waals surface area contributed by atoms with E-state index in [4.69, 9.17) is 5.26 Å². The zero-order valence-electron chi connectivity index (χ0n) is 10.0. The monoisotopic (exact) mass is 317 g/mol. The Morgan fingerprint density at radius 3 is 2.57 bits per heavy atom. The fraction of sp³-hybridized carbons (Fsp3) is 0.100. The molecule has 0 atom stereocenters. The van der Waals surface area contributed by atoms with E-state index >= 15 is 0 Å². The van der Waals surface area contributed by atoms with Crippen molar-refractivity contribution in [3.8, 4) is 6.07 Å². The summed E-state index contributed by atoms with van der Waals surface area (Å²) >= 11 is 0. The second-order valence-electron chi connectivity index (χ2n) is 3.76. The van der Waals surface area contributed by atoms with E-state index in [1.807, 2.05) is 4.72 Å². The van der Waals surface area contributed by atoms with Crippen LogP contribution in [-0.2, 0) is 16.2 Å². The number of nitrogens with one attached hydrogen (secondary N) is 2. The van der Waals surface area contributed by atoms with E-state index in [0.29, 0.717) is 6.07 Å². The molecule has 110 valence electrons. The van der Waals surface area contributed by atoms with Crippen LogP contribution in [0.1, 0.15) is 11.1 Å². The summed E-state index contributed by atoms with van der Waals surface area (Å²) in [7, 11) is -4.28. The number of anilines is 1. The van der Waals surface area contributed by atoms with Crippen molar-refractivity contribution in [2.45, 2.75) is 11.1 Å². The Morgan fingerprint density at radius 1 is 1.33 bits per heavy atom. The van der Waals surface area contributed by atoms with Gasteiger partial charge in [-0.2, -0.15) is 28.5 Å². The predicted molar refractivity (Wildman–Crippen MR) is 63.4 cm³/mol. The fourth-order valence-corrected chi connectivity index (χ4v) is 2.45. The summed E-state index contributed by atoms with van der Waals surface area (Å²) in [6, 6.07) is 3.43. The summed E-state index contributed by atoms with van der Waals surface area (Å²) in [4.78, 5) is 2.85. The molecule has 0 aliphatic rings. The number of halogens is 3. The molecule has 0 unspecified atom stereocenters. The van der Waals surface area contributed by atoms with Gasteiger partial charge in [0.2, 0.25) is 5.95 Å². The van der Waals surface area contributed by atoms with Crippen LogP contribution in [-0.4, -0.2) is 23.6 Å². The van der Waals surface area contributed by atoms with Crippen LogP contribution in [0.15, 0.2) is 29.4 Å². The number of H-pyrrole nitrogens is 1. The maximum atomic E-state index is 12.8. The van der Waals surface area contributed by atoms with Crippen LogP contribution in [0.4, 0.5) is 19.1 Å². The van der Waals surface area contributed by atoms with Gasteiger partial charge in [-0.3, -0.25) is 0 Å². The third kappa shape index (κ3) is 3.11. The van der Waals surface area contributed by atoms with Crippen molar-refractivity contribution in [2.24, 2.45) is 0 Å². The zero-order chi connectivity index (χ0) is 15.7. The highest BCUT2D eigenvalue weighted by molar-refractivity contribution is 7.92. The molecule has 1 aromatic carbocycles. The van der Waals surface area contributed by atoms with Crippen molar-refractivity contribution in [1.82, 2.24) is 15.2 Å². The van der Waals surface area contributed by atoms with Gasteiger partial charge in [0.15, 0.2) is 0 Å². The molecule has 11 heteroatoms. The molecule has 0 fully saturated rings. The van der Waals surface area contributed by atoms with Crippen molar-refractivity contribution in [3.63, 3.8) is 0 Å². The quantitative estimate of drug-likeness (QED) is 0.891. The maximum absolute atomic E-state index is 12.8. The second kappa shape index (κ2) is 5.06. The first-order chi connectivity index (χ1) is 9.74. The lowest BCUT2D eigenvalue weighted by Crippen LogP contribution is -2.16. The number of sulfonamides is 1. The van der Waals surface area contributed by atoms with Crippen LogP contribution in [0.5, 0.6) is 0 Å². The molecule has 0 spiro atoms. The molecular formula is C10H6F3N5O2S. The Morgan fingerprint density at radius 2 is 2.05 bits per heavy atom. The molecule has 0 radical (unpaired) electrons. The molecule has 21 heavy (non-hydrogen) atoms. The highest BCUT2D eigenvalue weighted by Crippen LogP contribution is 2.33. The molecule has 1 aromatic heterocycles. The number of aromatic nitrogens is 3. The molecule has 0 aliphatic heterocycles. The van der Waals surface area contributed by atoms with Crippen molar-refractivity contribution in [3.05, 3.63) is 35.7 Å². The number of alkyl halides is 3. The number of rotatable bonds is 3. The van der Waals surface area contributed by atoms with Crippen molar-refractivity contribution in [2.75, 3.05) is 4.72 Å². The smallest absolute Gasteiger partial charge is 0.248 e. The Hall–Kier alpha value is -2.61. The van der Waals surface area contributed by atoms with Crippen molar-refractivity contribution < 1.29 is 21.6 Å². The van der Waals surface area contributed by atoms with Gasteiger partial charge in [0, 0.05) is 0 Å². The Kier molecular flexibility index (Phi) is 3.56. The summed E-state index contributed by atoms with van der Waals surface area (Å²) in [5, 5.41) is 14.2. The van der Waals surface area contributed by atoms with E-state index in [2.05, 4.69) is 15.2 Å². The molecule has 0 saturated heterocycles. The molecule has 0 bridgehead atoms. The Labute approximate surface area is 116 Å². The highest BCUT2D eigenvalue weighted by atomic mass is 32.2. The van der Waals surface area contributed by atoms with E-state index in [1.54, 1.807) is 0 Å². The summed E-state index contributed by atoms with van der Waals surface area (Å²) in [6.07, 6.45) is -3.82. The minimum Gasteiger partial charge on any atom is -0.248 e. The zero-order valence-corrected chi connectivity index (χ0v) is 10.8. The minimum absolute atomic E-state index is 0.243. The largest absolute Gasteiger partial charge is 0.417 e. The molecule has 0 amide bonds. The van der Waals surface area contributed by atoms with Crippen molar-refractivity contribution >= 4 is 16.0 Å². The van der Waals surface area contributed by atoms with Crippen LogP contribution < -0.4 is 4.72 Å². The number of nitriles is 1. The molecular weight excluding hydrogens is 311 g/mol. The topological polar surface area (TPSA) is 112 Å². The molecule has 2 rings (SSSR count). The lowest BCUT2D eigenvalue weighted by molar-refractivity contribution is -0.137. The van der Waals surface area contributed by atoms with Crippen LogP contribution in [0.2, 0.25) is 0 Å². The predicted octanol–water partition coefficient (Wildman–Crippen LogP) is 1.50. The number of nitrogens with zero attached hydrogens (tertiary/aromatic N) is 3. The van der Waals surface area contributed by atoms with Gasteiger partial charge in [0.1, 0.15) is 6.33 Å². The number of benzene rings is 1. The summed E-state index contributed by atoms with van der Waals surface area (Å²) in [5.41, 5.74) is -1.99. The lowest BCUT2D eigenvalue weighted by atomic mass is 10.1. The van der Waals surface area contributed by atoms with Crippen LogP contribution in [0.25, 0.3) is 0 Å². The number of hydrogen-bond acceptors (Lipinski definition) is 5. The van der Waals surface area contributed by atoms with E-state index < -0.39 is 32.2 Å². The summed E-state index contributed by atoms with van der Waals surface area (Å²) < 4.78 is 64.1. The van der Waals surface area contributed by atoms with Crippen LogP contribution >= 0.6 is 0 Å². The van der Waals surface area contributed by atoms with Gasteiger partial charge in [0.05, 0.1) is 22.1 Å². The summed E-state index contributed by atoms with van der Waals surface area (Å²) in [6.45, 7) is 0. The normalized spacial score (nSPS) is 11.9.